The predicted octanol–water partition coefficient (Wildman–Crippen LogP) is 2.11. The fourth-order valence-corrected chi connectivity index (χ4v) is 1.67. The van der Waals surface area contributed by atoms with Crippen molar-refractivity contribution in [3.05, 3.63) is 28.3 Å². The Balaban J connectivity index is 2.99. The third-order valence-electron chi connectivity index (χ3n) is 2.01. The zero-order valence-electron chi connectivity index (χ0n) is 6.87. The molecule has 0 radical (unpaired) electrons. The van der Waals surface area contributed by atoms with E-state index in [0.717, 1.165) is 15.7 Å². The van der Waals surface area contributed by atoms with Crippen molar-refractivity contribution >= 4 is 21.4 Å². The average molecular weight is 226 g/mol. The van der Waals surface area contributed by atoms with Gasteiger partial charge in [-0.1, -0.05) is 0 Å². The molecular formula is C8H8BrN3. The fourth-order valence-electron chi connectivity index (χ4n) is 1.30. The Labute approximate surface area is 78.6 Å². The molecule has 3 nitrogen and oxygen atoms in total. The maximum absolute atomic E-state index is 4.14. The Kier molecular flexibility index (Phi) is 1.65. The minimum Gasteiger partial charge on any atom is -0.241 e. The van der Waals surface area contributed by atoms with Gasteiger partial charge in [0.2, 0.25) is 0 Å². The maximum atomic E-state index is 4.14. The molecule has 0 fully saturated rings. The van der Waals surface area contributed by atoms with Crippen LogP contribution in [-0.4, -0.2) is 14.6 Å². The molecule has 0 saturated carbocycles. The lowest BCUT2D eigenvalue weighted by atomic mass is 10.3. The molecule has 2 rings (SSSR count). The van der Waals surface area contributed by atoms with Crippen molar-refractivity contribution in [2.75, 3.05) is 0 Å². The summed E-state index contributed by atoms with van der Waals surface area (Å²) in [6.07, 6.45) is 3.37. The number of nitrogens with zero attached hydrogens (tertiary/aromatic N) is 3. The maximum Gasteiger partial charge on any atom is 0.136 e. The quantitative estimate of drug-likeness (QED) is 0.688. The summed E-state index contributed by atoms with van der Waals surface area (Å²) in [5.74, 6) is 0. The second-order valence-electron chi connectivity index (χ2n) is 2.73. The van der Waals surface area contributed by atoms with Gasteiger partial charge in [-0.2, -0.15) is 5.10 Å². The van der Waals surface area contributed by atoms with Crippen molar-refractivity contribution in [3.8, 4) is 0 Å². The molecule has 2 aromatic rings. The first-order valence-electron chi connectivity index (χ1n) is 3.65. The second-order valence-corrected chi connectivity index (χ2v) is 3.52. The summed E-state index contributed by atoms with van der Waals surface area (Å²) in [5.41, 5.74) is 3.36. The lowest BCUT2D eigenvalue weighted by Gasteiger charge is -1.92. The van der Waals surface area contributed by atoms with Gasteiger partial charge in [0, 0.05) is 4.47 Å². The first-order valence-corrected chi connectivity index (χ1v) is 4.44. The van der Waals surface area contributed by atoms with Crippen molar-refractivity contribution in [2.45, 2.75) is 13.8 Å². The standard InChI is InChI=1S/C8H8BrN3/c1-5-7-3-10-4-11-12(7)6(2)8(5)9/h3-4H,1-2H3. The number of aryl methyl sites for hydroxylation is 2. The van der Waals surface area contributed by atoms with Crippen LogP contribution in [0, 0.1) is 13.8 Å². The van der Waals surface area contributed by atoms with Crippen LogP contribution in [0.2, 0.25) is 0 Å². The third kappa shape index (κ3) is 0.876. The van der Waals surface area contributed by atoms with Gasteiger partial charge >= 0.3 is 0 Å². The monoisotopic (exact) mass is 225 g/mol. The van der Waals surface area contributed by atoms with E-state index in [2.05, 4.69) is 32.9 Å². The highest BCUT2D eigenvalue weighted by Gasteiger charge is 2.09. The average Bonchev–Trinajstić information content (AvgIpc) is 2.33. The summed E-state index contributed by atoms with van der Waals surface area (Å²) < 4.78 is 3.00. The summed E-state index contributed by atoms with van der Waals surface area (Å²) in [5, 5.41) is 4.14. The van der Waals surface area contributed by atoms with Crippen LogP contribution in [0.25, 0.3) is 5.52 Å². The molecule has 12 heavy (non-hydrogen) atoms. The lowest BCUT2D eigenvalue weighted by molar-refractivity contribution is 0.869. The highest BCUT2D eigenvalue weighted by atomic mass is 79.9. The largest absolute Gasteiger partial charge is 0.241 e. The Morgan fingerprint density at radius 1 is 1.42 bits per heavy atom. The molecule has 0 saturated heterocycles. The Bertz CT molecular complexity index is 394. The van der Waals surface area contributed by atoms with Crippen LogP contribution in [0.1, 0.15) is 11.3 Å². The Morgan fingerprint density at radius 3 is 2.83 bits per heavy atom. The molecule has 0 aromatic carbocycles. The molecule has 0 atom stereocenters. The number of halogens is 1. The number of aromatic nitrogens is 3. The lowest BCUT2D eigenvalue weighted by Crippen LogP contribution is -1.93. The Morgan fingerprint density at radius 2 is 2.17 bits per heavy atom. The second kappa shape index (κ2) is 2.55. The zero-order valence-corrected chi connectivity index (χ0v) is 8.46. The summed E-state index contributed by atoms with van der Waals surface area (Å²) >= 11 is 3.50. The zero-order chi connectivity index (χ0) is 8.72. The fraction of sp³-hybridized carbons (Fsp3) is 0.250. The number of hydrogen-bond acceptors (Lipinski definition) is 2. The van der Waals surface area contributed by atoms with Gasteiger partial charge in [-0.3, -0.25) is 0 Å². The van der Waals surface area contributed by atoms with E-state index in [1.54, 1.807) is 6.33 Å². The molecular weight excluding hydrogens is 218 g/mol. The molecule has 0 amide bonds. The van der Waals surface area contributed by atoms with E-state index in [0.29, 0.717) is 0 Å². The van der Waals surface area contributed by atoms with E-state index in [9.17, 15) is 0 Å². The van der Waals surface area contributed by atoms with Gasteiger partial charge in [-0.15, -0.1) is 0 Å². The number of hydrogen-bond donors (Lipinski definition) is 0. The summed E-state index contributed by atoms with van der Waals surface area (Å²) in [6.45, 7) is 4.08. The van der Waals surface area contributed by atoms with E-state index >= 15 is 0 Å². The molecule has 0 N–H and O–H groups in total. The van der Waals surface area contributed by atoms with Crippen LogP contribution in [0.5, 0.6) is 0 Å². The summed E-state index contributed by atoms with van der Waals surface area (Å²) in [7, 11) is 0. The number of rotatable bonds is 0. The molecule has 0 unspecified atom stereocenters. The van der Waals surface area contributed by atoms with Gasteiger partial charge in [0.1, 0.15) is 6.33 Å². The predicted molar refractivity (Wildman–Crippen MR) is 50.2 cm³/mol. The molecule has 0 aliphatic carbocycles. The van der Waals surface area contributed by atoms with Crippen LogP contribution < -0.4 is 0 Å². The van der Waals surface area contributed by atoms with Crippen molar-refractivity contribution in [1.29, 1.82) is 0 Å². The van der Waals surface area contributed by atoms with Crippen LogP contribution in [0.15, 0.2) is 17.0 Å². The van der Waals surface area contributed by atoms with E-state index in [1.165, 1.54) is 5.56 Å². The van der Waals surface area contributed by atoms with E-state index in [1.807, 2.05) is 17.6 Å². The first kappa shape index (κ1) is 7.73. The van der Waals surface area contributed by atoms with Gasteiger partial charge < -0.3 is 0 Å². The van der Waals surface area contributed by atoms with Gasteiger partial charge in [0.15, 0.2) is 0 Å². The molecule has 0 spiro atoms. The molecule has 62 valence electrons. The molecule has 2 aromatic heterocycles. The number of fused-ring (bicyclic) bond motifs is 1. The van der Waals surface area contributed by atoms with Gasteiger partial charge in [0.05, 0.1) is 17.4 Å². The van der Waals surface area contributed by atoms with Crippen molar-refractivity contribution < 1.29 is 0 Å². The van der Waals surface area contributed by atoms with Crippen molar-refractivity contribution in [2.24, 2.45) is 0 Å². The van der Waals surface area contributed by atoms with Crippen molar-refractivity contribution in [1.82, 2.24) is 14.6 Å². The Hall–Kier alpha value is -0.900. The molecule has 4 heteroatoms. The molecule has 0 aliphatic heterocycles. The summed E-state index contributed by atoms with van der Waals surface area (Å²) in [4.78, 5) is 3.98. The van der Waals surface area contributed by atoms with Gasteiger partial charge in [-0.05, 0) is 35.3 Å². The third-order valence-corrected chi connectivity index (χ3v) is 3.18. The summed E-state index contributed by atoms with van der Waals surface area (Å²) in [6, 6.07) is 0. The van der Waals surface area contributed by atoms with Crippen LogP contribution in [0.4, 0.5) is 0 Å². The van der Waals surface area contributed by atoms with Gasteiger partial charge in [0.25, 0.3) is 0 Å². The van der Waals surface area contributed by atoms with E-state index in [4.69, 9.17) is 0 Å². The van der Waals surface area contributed by atoms with Crippen LogP contribution in [-0.2, 0) is 0 Å². The molecule has 2 heterocycles. The van der Waals surface area contributed by atoms with E-state index in [-0.39, 0.29) is 0 Å². The topological polar surface area (TPSA) is 30.2 Å². The molecule has 0 bridgehead atoms. The van der Waals surface area contributed by atoms with Gasteiger partial charge in [-0.25, -0.2) is 9.50 Å². The van der Waals surface area contributed by atoms with Crippen LogP contribution >= 0.6 is 15.9 Å². The van der Waals surface area contributed by atoms with E-state index < -0.39 is 0 Å². The minimum absolute atomic E-state index is 1.06. The highest BCUT2D eigenvalue weighted by molar-refractivity contribution is 9.10. The first-order chi connectivity index (χ1) is 5.72. The van der Waals surface area contributed by atoms with Crippen molar-refractivity contribution in [3.63, 3.8) is 0 Å². The molecule has 0 aliphatic rings. The SMILES string of the molecule is Cc1c(Br)c(C)n2ncncc12. The normalized spacial score (nSPS) is 10.9. The van der Waals surface area contributed by atoms with Crippen LogP contribution in [0.3, 0.4) is 0 Å². The highest BCUT2D eigenvalue weighted by Crippen LogP contribution is 2.25. The smallest absolute Gasteiger partial charge is 0.136 e. The minimum atomic E-state index is 1.06.